The highest BCUT2D eigenvalue weighted by Gasteiger charge is 2.47. The third-order valence-corrected chi connectivity index (χ3v) is 10.8. The van der Waals surface area contributed by atoms with Crippen LogP contribution in [0.15, 0.2) is 0 Å². The zero-order valence-electron chi connectivity index (χ0n) is 35.8. The molecule has 19 N–H and O–H groups in total. The maximum Gasteiger partial charge on any atom is 0.246 e. The van der Waals surface area contributed by atoms with E-state index in [1.165, 1.54) is 0 Å². The van der Waals surface area contributed by atoms with Gasteiger partial charge in [-0.05, 0) is 0 Å². The van der Waals surface area contributed by atoms with E-state index in [-0.39, 0.29) is 0 Å². The van der Waals surface area contributed by atoms with Gasteiger partial charge in [-0.1, -0.05) is 0 Å². The van der Waals surface area contributed by atoms with Crippen LogP contribution in [0.25, 0.3) is 0 Å². The first-order chi connectivity index (χ1) is 32.2. The molecule has 0 saturated carbocycles. The standard InChI is InChI=1S/C36H59N7O25/c44-6-15-22(51)25(54)28(57)34(66-15)63-9-19(48)41-12-3-38-18(47)1-2-37-31(60)13(42-20(49)10-64-35-29(58)26(55)23(52)16(7-45)67-35)4-39-33(62)14(5-40-32(12)61)43-21(50)11-65-36-30(59)27(56)24(53)17(8-46)68-36/h12-17,22-30,34-36,44-46,51-59H,1-11H2,(H,37,60)(H,38,47)(H,39,62)(H,40,61)(H,41,48)(H,42,49)(H,43,50)/t12-,13-,14-,15+,16+,17+,22-,23+,24+,25-,26-,27-,28+,29+,30-,34+,35+,36-/m0/s1. The first kappa shape index (κ1) is 56.2. The first-order valence-corrected chi connectivity index (χ1v) is 20.9. The molecule has 32 nitrogen and oxygen atoms in total. The molecule has 4 fully saturated rings. The third-order valence-electron chi connectivity index (χ3n) is 10.8. The predicted octanol–water partition coefficient (Wildman–Crippen LogP) is -14.2. The summed E-state index contributed by atoms with van der Waals surface area (Å²) in [5.41, 5.74) is 0. The molecular weight excluding hydrogens is 930 g/mol. The summed E-state index contributed by atoms with van der Waals surface area (Å²) in [6.07, 6.45) is -26.5. The summed E-state index contributed by atoms with van der Waals surface area (Å²) < 4.78 is 31.2. The summed E-state index contributed by atoms with van der Waals surface area (Å²) in [7, 11) is 0. The van der Waals surface area contributed by atoms with E-state index in [9.17, 15) is 94.8 Å². The number of aliphatic hydroxyl groups excluding tert-OH is 12. The fourth-order valence-corrected chi connectivity index (χ4v) is 6.80. The molecule has 4 rings (SSSR count). The molecule has 0 unspecified atom stereocenters. The van der Waals surface area contributed by atoms with Gasteiger partial charge >= 0.3 is 0 Å². The number of carbonyl (C=O) groups is 7. The highest BCUT2D eigenvalue weighted by molar-refractivity contribution is 5.93. The van der Waals surface area contributed by atoms with Crippen molar-refractivity contribution in [1.29, 1.82) is 0 Å². The number of ether oxygens (including phenoxy) is 6. The maximum atomic E-state index is 13.7. The maximum absolute atomic E-state index is 13.7. The summed E-state index contributed by atoms with van der Waals surface area (Å²) in [6.45, 7) is -8.10. The van der Waals surface area contributed by atoms with Gasteiger partial charge in [0.15, 0.2) is 18.9 Å². The number of amides is 7. The van der Waals surface area contributed by atoms with Crippen molar-refractivity contribution in [2.45, 2.75) is 117 Å². The van der Waals surface area contributed by atoms with Gasteiger partial charge in [0.1, 0.15) is 111 Å². The highest BCUT2D eigenvalue weighted by Crippen LogP contribution is 2.24. The quantitative estimate of drug-likeness (QED) is 0.0724. The van der Waals surface area contributed by atoms with Crippen LogP contribution in [0.5, 0.6) is 0 Å². The van der Waals surface area contributed by atoms with Crippen LogP contribution in [0.4, 0.5) is 0 Å². The van der Waals surface area contributed by atoms with Crippen LogP contribution < -0.4 is 37.2 Å². The molecule has 0 aromatic heterocycles. The van der Waals surface area contributed by atoms with Crippen LogP contribution in [-0.2, 0) is 62.0 Å². The van der Waals surface area contributed by atoms with E-state index < -0.39 is 224 Å². The number of hydrogen-bond acceptors (Lipinski definition) is 25. The van der Waals surface area contributed by atoms with Crippen molar-refractivity contribution in [3.63, 3.8) is 0 Å². The fraction of sp³-hybridized carbons (Fsp3) is 0.806. The van der Waals surface area contributed by atoms with Crippen molar-refractivity contribution in [2.24, 2.45) is 0 Å². The van der Waals surface area contributed by atoms with Crippen molar-refractivity contribution in [1.82, 2.24) is 37.2 Å². The summed E-state index contributed by atoms with van der Waals surface area (Å²) in [4.78, 5) is 92.4. The summed E-state index contributed by atoms with van der Waals surface area (Å²) >= 11 is 0. The number of nitrogens with one attached hydrogen (secondary N) is 7. The Kier molecular flexibility index (Phi) is 21.9. The number of aliphatic hydroxyl groups is 12. The van der Waals surface area contributed by atoms with Crippen molar-refractivity contribution in [3.05, 3.63) is 0 Å². The molecule has 4 saturated heterocycles. The molecular formula is C36H59N7O25. The van der Waals surface area contributed by atoms with Crippen LogP contribution in [-0.4, -0.2) is 279 Å². The van der Waals surface area contributed by atoms with E-state index in [0.717, 1.165) is 0 Å². The molecule has 0 aromatic rings. The molecule has 4 heterocycles. The van der Waals surface area contributed by atoms with E-state index in [0.29, 0.717) is 0 Å². The Labute approximate surface area is 384 Å². The molecule has 0 radical (unpaired) electrons. The van der Waals surface area contributed by atoms with Gasteiger partial charge in [0, 0.05) is 32.6 Å². The van der Waals surface area contributed by atoms with Gasteiger partial charge in [0.05, 0.1) is 19.8 Å². The van der Waals surface area contributed by atoms with Crippen molar-refractivity contribution >= 4 is 41.4 Å². The minimum atomic E-state index is -1.93. The normalized spacial score (nSPS) is 37.9. The molecule has 4 aliphatic heterocycles. The van der Waals surface area contributed by atoms with Gasteiger partial charge in [-0.2, -0.15) is 0 Å². The van der Waals surface area contributed by atoms with Gasteiger partial charge < -0.3 is 127 Å². The molecule has 0 aromatic carbocycles. The molecule has 32 heteroatoms. The van der Waals surface area contributed by atoms with E-state index in [1.807, 2.05) is 0 Å². The van der Waals surface area contributed by atoms with E-state index in [1.54, 1.807) is 0 Å². The second-order valence-corrected chi connectivity index (χ2v) is 15.7. The van der Waals surface area contributed by atoms with Crippen molar-refractivity contribution < 1.29 is 123 Å². The van der Waals surface area contributed by atoms with Gasteiger partial charge in [0.2, 0.25) is 41.4 Å². The Bertz CT molecular complexity index is 1660. The van der Waals surface area contributed by atoms with Crippen LogP contribution in [0.3, 0.4) is 0 Å². The smallest absolute Gasteiger partial charge is 0.246 e. The van der Waals surface area contributed by atoms with Crippen LogP contribution in [0.2, 0.25) is 0 Å². The molecule has 68 heavy (non-hydrogen) atoms. The minimum Gasteiger partial charge on any atom is -0.394 e. The van der Waals surface area contributed by atoms with Crippen molar-refractivity contribution in [2.75, 3.05) is 65.8 Å². The highest BCUT2D eigenvalue weighted by atomic mass is 16.7. The van der Waals surface area contributed by atoms with Crippen LogP contribution in [0.1, 0.15) is 6.42 Å². The lowest BCUT2D eigenvalue weighted by atomic mass is 9.99. The zero-order valence-corrected chi connectivity index (χ0v) is 35.8. The largest absolute Gasteiger partial charge is 0.394 e. The van der Waals surface area contributed by atoms with Gasteiger partial charge in [-0.25, -0.2) is 0 Å². The number of rotatable bonds is 15. The van der Waals surface area contributed by atoms with Gasteiger partial charge in [-0.15, -0.1) is 0 Å². The van der Waals surface area contributed by atoms with Gasteiger partial charge in [-0.3, -0.25) is 33.6 Å². The van der Waals surface area contributed by atoms with E-state index in [2.05, 4.69) is 37.2 Å². The zero-order chi connectivity index (χ0) is 50.4. The Balaban J connectivity index is 1.48. The van der Waals surface area contributed by atoms with Crippen LogP contribution in [0, 0.1) is 0 Å². The van der Waals surface area contributed by atoms with Gasteiger partial charge in [0.25, 0.3) is 0 Å². The molecule has 388 valence electrons. The summed E-state index contributed by atoms with van der Waals surface area (Å²) in [5, 5.41) is 135. The average Bonchev–Trinajstić information content (AvgIpc) is 3.31. The fourth-order valence-electron chi connectivity index (χ4n) is 6.80. The Hall–Kier alpha value is -4.43. The first-order valence-electron chi connectivity index (χ1n) is 20.9. The lowest BCUT2D eigenvalue weighted by molar-refractivity contribution is -0.299. The average molecular weight is 990 g/mol. The summed E-state index contributed by atoms with van der Waals surface area (Å²) in [5.74, 6) is -7.37. The lowest BCUT2D eigenvalue weighted by Crippen LogP contribution is -2.61. The Morgan fingerprint density at radius 2 is 0.750 bits per heavy atom. The monoisotopic (exact) mass is 989 g/mol. The molecule has 0 aliphatic carbocycles. The second kappa shape index (κ2) is 26.5. The predicted molar refractivity (Wildman–Crippen MR) is 212 cm³/mol. The second-order valence-electron chi connectivity index (χ2n) is 15.7. The SMILES string of the molecule is O=C1CCNC(=O)[C@@H](NC(=O)CO[C@@H]2O[C@H](CO)[C@@H](O)[C@H](O)[C@H]2O)CNC(=O)[C@@H](NC(=O)CO[C@H]2O[C@H](CO)[C@@H](O)[C@H](O)[C@@H]2O)CNC(=O)[C@@H](NC(=O)CO[C@@H]2O[C@H](CO)[C@H](O)[C@H](O)[C@H]2O)CN1. The molecule has 4 aliphatic rings. The molecule has 18 atom stereocenters. The topological polar surface area (TPSA) is 502 Å². The van der Waals surface area contributed by atoms with Crippen molar-refractivity contribution in [3.8, 4) is 0 Å². The summed E-state index contributed by atoms with van der Waals surface area (Å²) in [6, 6.07) is -5.16. The Morgan fingerprint density at radius 3 is 1.06 bits per heavy atom. The van der Waals surface area contributed by atoms with Crippen LogP contribution >= 0.6 is 0 Å². The third kappa shape index (κ3) is 15.3. The Morgan fingerprint density at radius 1 is 0.456 bits per heavy atom. The molecule has 0 spiro atoms. The molecule has 0 bridgehead atoms. The molecule has 7 amide bonds. The number of hydrogen-bond donors (Lipinski definition) is 19. The lowest BCUT2D eigenvalue weighted by Gasteiger charge is -2.39. The number of carbonyl (C=O) groups excluding carboxylic acids is 7. The van der Waals surface area contributed by atoms with E-state index in [4.69, 9.17) is 28.4 Å². The van der Waals surface area contributed by atoms with E-state index >= 15 is 0 Å². The minimum absolute atomic E-state index is 0.421.